The molecule has 0 saturated heterocycles. The molecule has 0 radical (unpaired) electrons. The van der Waals surface area contributed by atoms with Crippen molar-refractivity contribution in [2.75, 3.05) is 0 Å². The van der Waals surface area contributed by atoms with Crippen LogP contribution in [0.3, 0.4) is 0 Å². The molecule has 1 aliphatic carbocycles. The zero-order valence-corrected chi connectivity index (χ0v) is 31.4. The van der Waals surface area contributed by atoms with Crippen molar-refractivity contribution in [3.8, 4) is 45.6 Å². The maximum atomic E-state index is 5.29. The fourth-order valence-corrected chi connectivity index (χ4v) is 8.95. The van der Waals surface area contributed by atoms with Crippen LogP contribution in [0.5, 0.6) is 0 Å². The molecule has 2 aliphatic heterocycles. The third-order valence-corrected chi connectivity index (χ3v) is 11.8. The molecule has 0 spiro atoms. The van der Waals surface area contributed by atoms with E-state index in [4.69, 9.17) is 39.9 Å². The Balaban J connectivity index is 0.00000356. The van der Waals surface area contributed by atoms with E-state index in [1.165, 1.54) is 24.0 Å². The third kappa shape index (κ3) is 4.92. The minimum absolute atomic E-state index is 0. The number of benzene rings is 7. The van der Waals surface area contributed by atoms with E-state index < -0.39 is 0 Å². The Bertz CT molecular complexity index is 3340. The molecule has 268 valence electrons. The first-order valence-corrected chi connectivity index (χ1v) is 19.1. The van der Waals surface area contributed by atoms with Crippen molar-refractivity contribution in [1.29, 1.82) is 0 Å². The second-order valence-corrected chi connectivity index (χ2v) is 15.1. The van der Waals surface area contributed by atoms with Crippen molar-refractivity contribution in [1.82, 2.24) is 39.9 Å². The summed E-state index contributed by atoms with van der Waals surface area (Å²) in [5, 5.41) is 10.2. The summed E-state index contributed by atoms with van der Waals surface area (Å²) in [7, 11) is 0. The first kappa shape index (κ1) is 32.4. The molecule has 5 heterocycles. The average Bonchev–Trinajstić information content (AvgIpc) is 3.95. The normalized spacial score (nSPS) is 13.2. The van der Waals surface area contributed by atoms with Crippen LogP contribution in [-0.2, 0) is 29.9 Å². The second-order valence-electron chi connectivity index (χ2n) is 15.1. The van der Waals surface area contributed by atoms with Crippen LogP contribution in [0.1, 0.15) is 24.0 Å². The fourth-order valence-electron chi connectivity index (χ4n) is 8.95. The summed E-state index contributed by atoms with van der Waals surface area (Å²) < 4.78 is 0. The minimum atomic E-state index is 0. The van der Waals surface area contributed by atoms with Gasteiger partial charge < -0.3 is 29.9 Å². The third-order valence-electron chi connectivity index (χ3n) is 11.8. The van der Waals surface area contributed by atoms with Gasteiger partial charge in [-0.2, -0.15) is 0 Å². The standard InChI is InChI=1S/C48H28N8.Fe/c1-2-10-26-18-34-33(17-25(26)9-1)41-49-42(34)54-44-37-21-29-13-5-6-14-30(29)22-38(37)46(51-44)56-48-40-24-32-16-8-7-15-31(32)23-39(40)47(52-48)55-45-36-20-28-12-4-3-11-27(28)19-35(36)43(50-45)53-41;/h1-6,9-14,17-24H,7-8,15-16H2;/q-2;+2. The fraction of sp³-hybridized carbons (Fsp3) is 0.0833. The van der Waals surface area contributed by atoms with Crippen LogP contribution in [0, 0.1) is 0 Å². The van der Waals surface area contributed by atoms with E-state index in [2.05, 4.69) is 121 Å². The Labute approximate surface area is 335 Å². The van der Waals surface area contributed by atoms with Gasteiger partial charge in [0.05, 0.1) is 23.3 Å². The summed E-state index contributed by atoms with van der Waals surface area (Å²) in [4.78, 5) is 41.8. The van der Waals surface area contributed by atoms with Crippen molar-refractivity contribution in [3.05, 3.63) is 132 Å². The van der Waals surface area contributed by atoms with Crippen LogP contribution < -0.4 is 9.97 Å². The molecule has 8 nitrogen and oxygen atoms in total. The quantitative estimate of drug-likeness (QED) is 0.140. The number of hydrogen-bond acceptors (Lipinski definition) is 6. The van der Waals surface area contributed by atoms with Gasteiger partial charge in [0.15, 0.2) is 0 Å². The van der Waals surface area contributed by atoms with Gasteiger partial charge in [-0.15, -0.1) is 0 Å². The monoisotopic (exact) mass is 772 g/mol. The zero-order valence-electron chi connectivity index (χ0n) is 30.3. The summed E-state index contributed by atoms with van der Waals surface area (Å²) >= 11 is 0. The van der Waals surface area contributed by atoms with Crippen LogP contribution in [-0.4, -0.2) is 29.9 Å². The number of aromatic nitrogens is 8. The summed E-state index contributed by atoms with van der Waals surface area (Å²) in [6.07, 6.45) is 4.43. The number of rotatable bonds is 0. The number of nitrogens with zero attached hydrogens (tertiary/aromatic N) is 8. The van der Waals surface area contributed by atoms with Crippen LogP contribution in [0.15, 0.2) is 121 Å². The zero-order chi connectivity index (χ0) is 36.5. The molecule has 0 N–H and O–H groups in total. The molecule has 0 unspecified atom stereocenters. The molecule has 8 bridgehead atoms. The van der Waals surface area contributed by atoms with E-state index in [-0.39, 0.29) is 17.1 Å². The molecular weight excluding hydrogens is 744 g/mol. The van der Waals surface area contributed by atoms with Crippen molar-refractivity contribution >= 4 is 76.5 Å². The Hall–Kier alpha value is -6.80. The number of hydrogen-bond donors (Lipinski definition) is 0. The summed E-state index contributed by atoms with van der Waals surface area (Å²) in [6.45, 7) is 0. The van der Waals surface area contributed by atoms with Crippen molar-refractivity contribution in [2.45, 2.75) is 25.7 Å². The minimum Gasteiger partial charge on any atom is -0.357 e. The molecule has 7 aromatic carbocycles. The van der Waals surface area contributed by atoms with Crippen LogP contribution in [0.25, 0.3) is 122 Å². The van der Waals surface area contributed by atoms with Gasteiger partial charge in [0, 0.05) is 44.8 Å². The van der Waals surface area contributed by atoms with Crippen LogP contribution in [0.4, 0.5) is 0 Å². The smallest absolute Gasteiger partial charge is 0.357 e. The van der Waals surface area contributed by atoms with Gasteiger partial charge >= 0.3 is 17.1 Å². The molecule has 3 aliphatic rings. The van der Waals surface area contributed by atoms with Crippen LogP contribution in [0.2, 0.25) is 0 Å². The van der Waals surface area contributed by atoms with E-state index in [0.29, 0.717) is 45.9 Å². The first-order chi connectivity index (χ1) is 27.7. The topological polar surface area (TPSA) is 106 Å². The number of aryl methyl sites for hydroxylation is 2. The van der Waals surface area contributed by atoms with Gasteiger partial charge in [-0.1, -0.05) is 72.8 Å². The maximum Gasteiger partial charge on any atom is 2.00 e. The Kier molecular flexibility index (Phi) is 6.89. The summed E-state index contributed by atoms with van der Waals surface area (Å²) in [5.41, 5.74) is 8.68. The van der Waals surface area contributed by atoms with E-state index in [1.54, 1.807) is 0 Å². The Morgan fingerprint density at radius 1 is 0.333 bits per heavy atom. The maximum absolute atomic E-state index is 5.29. The van der Waals surface area contributed by atoms with Crippen molar-refractivity contribution < 1.29 is 17.1 Å². The molecule has 3 aromatic heterocycles. The number of fused-ring (bicyclic) bond motifs is 24. The SMILES string of the molecule is [Fe+2].c1ccc2cc3c(cc2c1)-c1nc-3nc2[n-]c(nc3nc(nc4[n-]c(n1)c1cc5ccccc5cc41)-c1cc4c(cc1-3)CCCC4)c1cc3ccccc3cc21. The molecule has 9 heteroatoms. The molecule has 0 saturated carbocycles. The summed E-state index contributed by atoms with van der Waals surface area (Å²) in [6, 6.07) is 42.6. The van der Waals surface area contributed by atoms with Crippen molar-refractivity contribution in [3.63, 3.8) is 0 Å². The largest absolute Gasteiger partial charge is 2.00 e. The predicted octanol–water partition coefficient (Wildman–Crippen LogP) is 10.5. The first-order valence-electron chi connectivity index (χ1n) is 19.1. The van der Waals surface area contributed by atoms with Crippen LogP contribution >= 0.6 is 0 Å². The molecule has 57 heavy (non-hydrogen) atoms. The second kappa shape index (κ2) is 12.1. The summed E-state index contributed by atoms with van der Waals surface area (Å²) in [5.74, 6) is 2.28. The van der Waals surface area contributed by atoms with Gasteiger partial charge in [0.2, 0.25) is 0 Å². The van der Waals surface area contributed by atoms with E-state index in [0.717, 1.165) is 89.0 Å². The van der Waals surface area contributed by atoms with Crippen molar-refractivity contribution in [2.24, 2.45) is 0 Å². The molecule has 0 atom stereocenters. The predicted molar refractivity (Wildman–Crippen MR) is 223 cm³/mol. The Morgan fingerprint density at radius 3 is 0.930 bits per heavy atom. The van der Waals surface area contributed by atoms with E-state index in [9.17, 15) is 0 Å². The molecule has 0 amide bonds. The van der Waals surface area contributed by atoms with Gasteiger partial charge in [-0.05, 0) is 139 Å². The Morgan fingerprint density at radius 2 is 0.614 bits per heavy atom. The molecule has 13 rings (SSSR count). The van der Waals surface area contributed by atoms with Gasteiger partial charge in [-0.25, -0.2) is 9.97 Å². The van der Waals surface area contributed by atoms with Gasteiger partial charge in [0.25, 0.3) is 0 Å². The van der Waals surface area contributed by atoms with Gasteiger partial charge in [-0.3, -0.25) is 0 Å². The molecular formula is C48H28FeN8. The molecule has 0 fully saturated rings. The van der Waals surface area contributed by atoms with E-state index >= 15 is 0 Å². The van der Waals surface area contributed by atoms with Gasteiger partial charge in [0.1, 0.15) is 0 Å². The van der Waals surface area contributed by atoms with E-state index in [1.807, 2.05) is 0 Å². The average molecular weight is 773 g/mol. The molecule has 10 aromatic rings.